The molecule has 2 aliphatic rings. The van der Waals surface area contributed by atoms with E-state index >= 15 is 0 Å². The highest BCUT2D eigenvalue weighted by atomic mass is 16.4. The third-order valence-corrected chi connectivity index (χ3v) is 4.45. The van der Waals surface area contributed by atoms with Crippen molar-refractivity contribution in [1.29, 1.82) is 0 Å². The molecule has 1 aromatic rings. The number of para-hydroxylation sites is 1. The minimum absolute atomic E-state index is 0.00758. The van der Waals surface area contributed by atoms with Gasteiger partial charge in [0.1, 0.15) is 0 Å². The Morgan fingerprint density at radius 1 is 1.24 bits per heavy atom. The van der Waals surface area contributed by atoms with Crippen LogP contribution in [0, 0.1) is 5.92 Å². The second-order valence-electron chi connectivity index (χ2n) is 5.77. The molecule has 112 valence electrons. The van der Waals surface area contributed by atoms with Crippen LogP contribution in [-0.4, -0.2) is 36.6 Å². The molecule has 0 bridgehead atoms. The van der Waals surface area contributed by atoms with E-state index in [9.17, 15) is 14.7 Å². The molecule has 0 aliphatic carbocycles. The maximum Gasteiger partial charge on any atom is 0.311 e. The van der Waals surface area contributed by atoms with Gasteiger partial charge in [0, 0.05) is 18.8 Å². The fourth-order valence-corrected chi connectivity index (χ4v) is 3.33. The van der Waals surface area contributed by atoms with Gasteiger partial charge in [0.15, 0.2) is 0 Å². The first-order valence-electron chi connectivity index (χ1n) is 7.52. The predicted octanol–water partition coefficient (Wildman–Crippen LogP) is 1.59. The van der Waals surface area contributed by atoms with E-state index in [-0.39, 0.29) is 11.8 Å². The molecule has 2 heterocycles. The Hall–Kier alpha value is -1.88. The van der Waals surface area contributed by atoms with Gasteiger partial charge in [-0.05, 0) is 37.4 Å². The number of amides is 1. The van der Waals surface area contributed by atoms with E-state index < -0.39 is 11.9 Å². The largest absolute Gasteiger partial charge is 0.481 e. The molecule has 1 aromatic carbocycles. The van der Waals surface area contributed by atoms with Gasteiger partial charge in [0.05, 0.1) is 11.8 Å². The molecular weight excluding hydrogens is 268 g/mol. The number of carbonyl (C=O) groups excluding carboxylic acids is 1. The third-order valence-electron chi connectivity index (χ3n) is 4.45. The number of nitrogens with zero attached hydrogens (tertiary/aromatic N) is 1. The lowest BCUT2D eigenvalue weighted by molar-refractivity contribution is -0.139. The number of hydrogen-bond donors (Lipinski definition) is 2. The van der Waals surface area contributed by atoms with Crippen LogP contribution >= 0.6 is 0 Å². The van der Waals surface area contributed by atoms with E-state index in [0.717, 1.165) is 37.2 Å². The summed E-state index contributed by atoms with van der Waals surface area (Å²) in [6, 6.07) is 7.39. The van der Waals surface area contributed by atoms with Crippen molar-refractivity contribution in [2.45, 2.75) is 25.2 Å². The third kappa shape index (κ3) is 2.65. The Labute approximate surface area is 123 Å². The summed E-state index contributed by atoms with van der Waals surface area (Å²) in [4.78, 5) is 25.9. The van der Waals surface area contributed by atoms with E-state index in [1.807, 2.05) is 24.3 Å². The van der Waals surface area contributed by atoms with Crippen molar-refractivity contribution in [2.75, 3.05) is 24.5 Å². The Kier molecular flexibility index (Phi) is 3.92. The molecule has 0 radical (unpaired) electrons. The molecular formula is C16H20N2O3. The summed E-state index contributed by atoms with van der Waals surface area (Å²) in [5.41, 5.74) is 1.53. The van der Waals surface area contributed by atoms with E-state index in [4.69, 9.17) is 0 Å². The van der Waals surface area contributed by atoms with Gasteiger partial charge >= 0.3 is 5.97 Å². The number of rotatable bonds is 2. The first-order valence-corrected chi connectivity index (χ1v) is 7.52. The molecule has 1 saturated heterocycles. The van der Waals surface area contributed by atoms with Crippen molar-refractivity contribution in [3.63, 3.8) is 0 Å². The van der Waals surface area contributed by atoms with Gasteiger partial charge in [-0.3, -0.25) is 9.59 Å². The van der Waals surface area contributed by atoms with Crippen LogP contribution in [0.5, 0.6) is 0 Å². The predicted molar refractivity (Wildman–Crippen MR) is 79.4 cm³/mol. The minimum atomic E-state index is -0.811. The number of nitrogens with one attached hydrogen (secondary N) is 1. The van der Waals surface area contributed by atoms with Gasteiger partial charge < -0.3 is 15.3 Å². The van der Waals surface area contributed by atoms with Crippen molar-refractivity contribution < 1.29 is 14.7 Å². The van der Waals surface area contributed by atoms with Crippen LogP contribution in [0.1, 0.15) is 30.7 Å². The van der Waals surface area contributed by atoms with Crippen LogP contribution in [-0.2, 0) is 9.59 Å². The lowest BCUT2D eigenvalue weighted by Crippen LogP contribution is -2.46. The highest BCUT2D eigenvalue weighted by Crippen LogP contribution is 2.36. The second-order valence-corrected chi connectivity index (χ2v) is 5.77. The van der Waals surface area contributed by atoms with Crippen LogP contribution in [0.15, 0.2) is 24.3 Å². The Bertz CT molecular complexity index is 552. The van der Waals surface area contributed by atoms with Crippen LogP contribution in [0.3, 0.4) is 0 Å². The lowest BCUT2D eigenvalue weighted by atomic mass is 9.88. The highest BCUT2D eigenvalue weighted by molar-refractivity contribution is 5.98. The highest BCUT2D eigenvalue weighted by Gasteiger charge is 2.35. The summed E-state index contributed by atoms with van der Waals surface area (Å²) in [7, 11) is 0. The molecule has 2 aliphatic heterocycles. The van der Waals surface area contributed by atoms with Crippen LogP contribution < -0.4 is 10.2 Å². The number of piperidine rings is 1. The number of anilines is 1. The number of carboxylic acid groups (broad SMARTS) is 1. The number of aliphatic carboxylic acids is 1. The second kappa shape index (κ2) is 5.85. The molecule has 2 atom stereocenters. The van der Waals surface area contributed by atoms with Crippen molar-refractivity contribution in [3.05, 3.63) is 29.8 Å². The van der Waals surface area contributed by atoms with Crippen molar-refractivity contribution in [1.82, 2.24) is 5.32 Å². The fraction of sp³-hybridized carbons (Fsp3) is 0.500. The zero-order valence-electron chi connectivity index (χ0n) is 11.9. The van der Waals surface area contributed by atoms with Crippen molar-refractivity contribution in [3.8, 4) is 0 Å². The molecule has 3 rings (SSSR count). The van der Waals surface area contributed by atoms with Gasteiger partial charge in [-0.15, -0.1) is 0 Å². The van der Waals surface area contributed by atoms with E-state index in [2.05, 4.69) is 5.32 Å². The molecule has 0 spiro atoms. The number of carbonyl (C=O) groups is 2. The number of fused-ring (bicyclic) bond motifs is 1. The summed E-state index contributed by atoms with van der Waals surface area (Å²) >= 11 is 0. The summed E-state index contributed by atoms with van der Waals surface area (Å²) < 4.78 is 0. The van der Waals surface area contributed by atoms with Gasteiger partial charge in [-0.2, -0.15) is 0 Å². The standard InChI is InChI=1S/C16H20N2O3/c19-15(11-4-3-8-17-10-11)18-9-7-13(16(20)21)12-5-1-2-6-14(12)18/h1-2,5-6,11,13,17H,3-4,7-10H2,(H,20,21). The zero-order valence-corrected chi connectivity index (χ0v) is 11.9. The Morgan fingerprint density at radius 2 is 2.05 bits per heavy atom. The average molecular weight is 288 g/mol. The lowest BCUT2D eigenvalue weighted by Gasteiger charge is -2.35. The zero-order chi connectivity index (χ0) is 14.8. The monoisotopic (exact) mass is 288 g/mol. The number of benzene rings is 1. The van der Waals surface area contributed by atoms with Crippen LogP contribution in [0.2, 0.25) is 0 Å². The van der Waals surface area contributed by atoms with Crippen molar-refractivity contribution in [2.24, 2.45) is 5.92 Å². The topological polar surface area (TPSA) is 69.6 Å². The average Bonchev–Trinajstić information content (AvgIpc) is 2.54. The first-order chi connectivity index (χ1) is 10.2. The summed E-state index contributed by atoms with van der Waals surface area (Å²) in [6.45, 7) is 2.19. The molecule has 1 fully saturated rings. The molecule has 2 N–H and O–H groups in total. The summed E-state index contributed by atoms with van der Waals surface area (Å²) in [5.74, 6) is -1.18. The minimum Gasteiger partial charge on any atom is -0.481 e. The van der Waals surface area contributed by atoms with Crippen LogP contribution in [0.4, 0.5) is 5.69 Å². The molecule has 1 amide bonds. The Balaban J connectivity index is 1.88. The molecule has 0 saturated carbocycles. The smallest absolute Gasteiger partial charge is 0.311 e. The van der Waals surface area contributed by atoms with E-state index in [1.165, 1.54) is 0 Å². The van der Waals surface area contributed by atoms with Crippen LogP contribution in [0.25, 0.3) is 0 Å². The SMILES string of the molecule is O=C(O)C1CCN(C(=O)C2CCCNC2)c2ccccc21. The van der Waals surface area contributed by atoms with Crippen molar-refractivity contribution >= 4 is 17.6 Å². The van der Waals surface area contributed by atoms with Gasteiger partial charge in [0.2, 0.25) is 5.91 Å². The Morgan fingerprint density at radius 3 is 2.76 bits per heavy atom. The first kappa shape index (κ1) is 14.1. The summed E-state index contributed by atoms with van der Waals surface area (Å²) in [5, 5.41) is 12.6. The van der Waals surface area contributed by atoms with Gasteiger partial charge in [0.25, 0.3) is 0 Å². The normalized spacial score (nSPS) is 25.2. The number of carboxylic acids is 1. The molecule has 21 heavy (non-hydrogen) atoms. The molecule has 2 unspecified atom stereocenters. The molecule has 5 heteroatoms. The van der Waals surface area contributed by atoms with E-state index in [0.29, 0.717) is 13.0 Å². The fourth-order valence-electron chi connectivity index (χ4n) is 3.33. The molecule has 5 nitrogen and oxygen atoms in total. The maximum atomic E-state index is 12.7. The van der Waals surface area contributed by atoms with Gasteiger partial charge in [-0.1, -0.05) is 18.2 Å². The van der Waals surface area contributed by atoms with Gasteiger partial charge in [-0.25, -0.2) is 0 Å². The van der Waals surface area contributed by atoms with E-state index in [1.54, 1.807) is 4.90 Å². The number of hydrogen-bond acceptors (Lipinski definition) is 3. The summed E-state index contributed by atoms with van der Waals surface area (Å²) in [6.07, 6.45) is 2.41. The maximum absolute atomic E-state index is 12.7. The quantitative estimate of drug-likeness (QED) is 0.867. The molecule has 0 aromatic heterocycles.